The summed E-state index contributed by atoms with van der Waals surface area (Å²) < 4.78 is 0. The summed E-state index contributed by atoms with van der Waals surface area (Å²) in [6, 6.07) is 10.7. The summed E-state index contributed by atoms with van der Waals surface area (Å²) in [4.78, 5) is 14.4. The van der Waals surface area contributed by atoms with Crippen molar-refractivity contribution in [2.75, 3.05) is 26.2 Å². The summed E-state index contributed by atoms with van der Waals surface area (Å²) in [5, 5.41) is 14.6. The number of amides is 2. The normalized spacial score (nSPS) is 27.4. The lowest BCUT2D eigenvalue weighted by atomic mass is 9.78. The second-order valence-corrected chi connectivity index (χ2v) is 6.76. The van der Waals surface area contributed by atoms with Crippen LogP contribution >= 0.6 is 0 Å². The molecule has 5 heteroatoms. The first kappa shape index (κ1) is 16.3. The maximum Gasteiger partial charge on any atom is 0.315 e. The Morgan fingerprint density at radius 3 is 2.83 bits per heavy atom. The summed E-state index contributed by atoms with van der Waals surface area (Å²) in [7, 11) is 0. The predicted molar refractivity (Wildman–Crippen MR) is 90.0 cm³/mol. The molecule has 0 unspecified atom stereocenters. The van der Waals surface area contributed by atoms with Crippen molar-refractivity contribution in [3.63, 3.8) is 0 Å². The fourth-order valence-electron chi connectivity index (χ4n) is 4.10. The number of carbonyl (C=O) groups excluding carboxylic acids is 1. The highest BCUT2D eigenvalue weighted by Crippen LogP contribution is 2.36. The van der Waals surface area contributed by atoms with E-state index < -0.39 is 0 Å². The Kier molecular flexibility index (Phi) is 5.51. The lowest BCUT2D eigenvalue weighted by Crippen LogP contribution is -2.49. The van der Waals surface area contributed by atoms with Gasteiger partial charge < -0.3 is 15.7 Å². The van der Waals surface area contributed by atoms with Crippen LogP contribution in [0, 0.1) is 11.8 Å². The minimum absolute atomic E-state index is 0.0189. The minimum atomic E-state index is -0.147. The van der Waals surface area contributed by atoms with Gasteiger partial charge in [0.1, 0.15) is 0 Å². The quantitative estimate of drug-likeness (QED) is 0.772. The van der Waals surface area contributed by atoms with E-state index in [1.807, 2.05) is 0 Å². The zero-order chi connectivity index (χ0) is 16.1. The lowest BCUT2D eigenvalue weighted by Gasteiger charge is -2.33. The lowest BCUT2D eigenvalue weighted by molar-refractivity contribution is 0.200. The van der Waals surface area contributed by atoms with E-state index >= 15 is 0 Å². The second-order valence-electron chi connectivity index (χ2n) is 6.76. The fourth-order valence-corrected chi connectivity index (χ4v) is 4.10. The molecule has 1 aromatic carbocycles. The summed E-state index contributed by atoms with van der Waals surface area (Å²) in [6.07, 6.45) is 3.52. The highest BCUT2D eigenvalue weighted by molar-refractivity contribution is 5.74. The summed E-state index contributed by atoms with van der Waals surface area (Å²) >= 11 is 0. The number of hydrogen-bond acceptors (Lipinski definition) is 3. The van der Waals surface area contributed by atoms with E-state index in [0.29, 0.717) is 18.4 Å². The topological polar surface area (TPSA) is 64.6 Å². The number of benzene rings is 1. The van der Waals surface area contributed by atoms with E-state index in [-0.39, 0.29) is 18.7 Å². The summed E-state index contributed by atoms with van der Waals surface area (Å²) in [5.74, 6) is 1.24. The summed E-state index contributed by atoms with van der Waals surface area (Å²) in [5.41, 5.74) is 1.36. The van der Waals surface area contributed by atoms with Crippen molar-refractivity contribution in [2.24, 2.45) is 11.8 Å². The van der Waals surface area contributed by atoms with Gasteiger partial charge in [-0.05, 0) is 30.2 Å². The molecule has 1 aliphatic heterocycles. The van der Waals surface area contributed by atoms with Crippen molar-refractivity contribution < 1.29 is 9.90 Å². The van der Waals surface area contributed by atoms with E-state index in [4.69, 9.17) is 5.11 Å². The van der Waals surface area contributed by atoms with E-state index in [1.54, 1.807) is 0 Å². The number of rotatable bonds is 5. The average Bonchev–Trinajstić information content (AvgIpc) is 2.97. The van der Waals surface area contributed by atoms with Crippen molar-refractivity contribution in [3.05, 3.63) is 35.9 Å². The maximum atomic E-state index is 11.9. The molecule has 23 heavy (non-hydrogen) atoms. The molecular formula is C18H27N3O2. The van der Waals surface area contributed by atoms with Gasteiger partial charge in [0.05, 0.1) is 6.61 Å². The molecular weight excluding hydrogens is 290 g/mol. The van der Waals surface area contributed by atoms with E-state index in [1.165, 1.54) is 18.4 Å². The van der Waals surface area contributed by atoms with Crippen LogP contribution in [-0.2, 0) is 6.54 Å². The van der Waals surface area contributed by atoms with Gasteiger partial charge in [0.15, 0.2) is 0 Å². The average molecular weight is 317 g/mol. The predicted octanol–water partition coefficient (Wildman–Crippen LogP) is 1.58. The largest absolute Gasteiger partial charge is 0.395 e. The molecule has 1 aliphatic carbocycles. The molecule has 3 atom stereocenters. The van der Waals surface area contributed by atoms with Gasteiger partial charge in [-0.25, -0.2) is 4.79 Å². The number of aliphatic hydroxyl groups excluding tert-OH is 1. The molecule has 2 fully saturated rings. The van der Waals surface area contributed by atoms with Gasteiger partial charge in [0, 0.05) is 32.2 Å². The van der Waals surface area contributed by atoms with Gasteiger partial charge in [0.2, 0.25) is 0 Å². The number of nitrogens with zero attached hydrogens (tertiary/aromatic N) is 1. The smallest absolute Gasteiger partial charge is 0.315 e. The van der Waals surface area contributed by atoms with Crippen LogP contribution in [-0.4, -0.2) is 48.3 Å². The van der Waals surface area contributed by atoms with Crippen LogP contribution in [0.5, 0.6) is 0 Å². The number of fused-ring (bicyclic) bond motifs is 1. The third kappa shape index (κ3) is 4.24. The summed E-state index contributed by atoms with van der Waals surface area (Å²) in [6.45, 7) is 3.49. The van der Waals surface area contributed by atoms with Crippen LogP contribution in [0.2, 0.25) is 0 Å². The number of nitrogens with one attached hydrogen (secondary N) is 2. The molecule has 0 radical (unpaired) electrons. The molecule has 1 saturated carbocycles. The molecule has 126 valence electrons. The van der Waals surface area contributed by atoms with Crippen molar-refractivity contribution in [1.29, 1.82) is 0 Å². The zero-order valence-electron chi connectivity index (χ0n) is 13.6. The first-order chi connectivity index (χ1) is 11.3. The van der Waals surface area contributed by atoms with Gasteiger partial charge in [-0.2, -0.15) is 0 Å². The van der Waals surface area contributed by atoms with Crippen molar-refractivity contribution >= 4 is 6.03 Å². The van der Waals surface area contributed by atoms with Crippen LogP contribution in [0.3, 0.4) is 0 Å². The number of carbonyl (C=O) groups is 1. The van der Waals surface area contributed by atoms with Crippen molar-refractivity contribution in [1.82, 2.24) is 15.5 Å². The Bertz CT molecular complexity index is 508. The maximum absolute atomic E-state index is 11.9. The SMILES string of the molecule is O=C(NCCO)N[C@@H]1CCC[C@H]2CN(Cc3ccccc3)C[C@H]21. The molecule has 0 spiro atoms. The van der Waals surface area contributed by atoms with Gasteiger partial charge >= 0.3 is 6.03 Å². The third-order valence-electron chi connectivity index (χ3n) is 5.14. The van der Waals surface area contributed by atoms with Crippen molar-refractivity contribution in [2.45, 2.75) is 31.8 Å². The Morgan fingerprint density at radius 2 is 2.04 bits per heavy atom. The molecule has 0 bridgehead atoms. The fraction of sp³-hybridized carbons (Fsp3) is 0.611. The van der Waals surface area contributed by atoms with E-state index in [2.05, 4.69) is 45.9 Å². The second kappa shape index (κ2) is 7.79. The number of aliphatic hydroxyl groups is 1. The highest BCUT2D eigenvalue weighted by atomic mass is 16.3. The number of likely N-dealkylation sites (tertiary alicyclic amines) is 1. The molecule has 2 aliphatic rings. The van der Waals surface area contributed by atoms with Crippen LogP contribution in [0.1, 0.15) is 24.8 Å². The van der Waals surface area contributed by atoms with Gasteiger partial charge in [0.25, 0.3) is 0 Å². The zero-order valence-corrected chi connectivity index (χ0v) is 13.6. The monoisotopic (exact) mass is 317 g/mol. The molecule has 3 N–H and O–H groups in total. The van der Waals surface area contributed by atoms with Crippen LogP contribution in [0.25, 0.3) is 0 Å². The van der Waals surface area contributed by atoms with Crippen LogP contribution in [0.4, 0.5) is 4.79 Å². The Balaban J connectivity index is 1.55. The highest BCUT2D eigenvalue weighted by Gasteiger charge is 2.40. The molecule has 5 nitrogen and oxygen atoms in total. The van der Waals surface area contributed by atoms with Crippen LogP contribution in [0.15, 0.2) is 30.3 Å². The molecule has 3 rings (SSSR count). The van der Waals surface area contributed by atoms with Gasteiger partial charge in [-0.15, -0.1) is 0 Å². The van der Waals surface area contributed by atoms with E-state index in [9.17, 15) is 4.79 Å². The van der Waals surface area contributed by atoms with Gasteiger partial charge in [-0.3, -0.25) is 4.90 Å². The van der Waals surface area contributed by atoms with Crippen molar-refractivity contribution in [3.8, 4) is 0 Å². The molecule has 1 heterocycles. The molecule has 2 amide bonds. The third-order valence-corrected chi connectivity index (χ3v) is 5.14. The standard InChI is InChI=1S/C18H27N3O2/c22-10-9-19-18(23)20-17-8-4-7-15-12-21(13-16(15)17)11-14-5-2-1-3-6-14/h1-3,5-6,15-17,22H,4,7-13H2,(H2,19,20,23)/t15-,16+,17+/m0/s1. The minimum Gasteiger partial charge on any atom is -0.395 e. The first-order valence-electron chi connectivity index (χ1n) is 8.68. The molecule has 0 aromatic heterocycles. The number of hydrogen-bond donors (Lipinski definition) is 3. The van der Waals surface area contributed by atoms with Crippen LogP contribution < -0.4 is 10.6 Å². The first-order valence-corrected chi connectivity index (χ1v) is 8.68. The number of urea groups is 1. The van der Waals surface area contributed by atoms with Gasteiger partial charge in [-0.1, -0.05) is 36.8 Å². The Hall–Kier alpha value is -1.59. The Morgan fingerprint density at radius 1 is 1.22 bits per heavy atom. The Labute approximate surface area is 138 Å². The molecule has 1 aromatic rings. The molecule has 1 saturated heterocycles. The van der Waals surface area contributed by atoms with E-state index in [0.717, 1.165) is 26.1 Å².